The quantitative estimate of drug-likeness (QED) is 0.684. The van der Waals surface area contributed by atoms with Crippen LogP contribution in [0.2, 0.25) is 0 Å². The highest BCUT2D eigenvalue weighted by atomic mass is 16.1. The lowest BCUT2D eigenvalue weighted by Crippen LogP contribution is -2.11. The number of imidazole rings is 1. The van der Waals surface area contributed by atoms with Gasteiger partial charge in [-0.1, -0.05) is 13.8 Å². The van der Waals surface area contributed by atoms with Crippen molar-refractivity contribution in [1.29, 1.82) is 0 Å². The number of nitrogens with zero attached hydrogens (tertiary/aromatic N) is 2. The predicted molar refractivity (Wildman–Crippen MR) is 80.9 cm³/mol. The smallest absolute Gasteiger partial charge is 0.252 e. The molecule has 0 aliphatic carbocycles. The summed E-state index contributed by atoms with van der Waals surface area (Å²) in [7, 11) is 0. The number of benzene rings is 1. The summed E-state index contributed by atoms with van der Waals surface area (Å²) in [6.07, 6.45) is 3.43. The molecule has 0 atom stereocenters. The van der Waals surface area contributed by atoms with Gasteiger partial charge in [-0.3, -0.25) is 9.89 Å². The van der Waals surface area contributed by atoms with Gasteiger partial charge >= 0.3 is 0 Å². The Kier molecular flexibility index (Phi) is 3.21. The van der Waals surface area contributed by atoms with Crippen LogP contribution in [0.25, 0.3) is 22.6 Å². The number of fused-ring (bicyclic) bond motifs is 1. The maximum absolute atomic E-state index is 11.4. The van der Waals surface area contributed by atoms with Crippen LogP contribution in [0.4, 0.5) is 0 Å². The summed E-state index contributed by atoms with van der Waals surface area (Å²) in [5.41, 5.74) is 10.5. The summed E-state index contributed by atoms with van der Waals surface area (Å²) < 4.78 is 0. The molecule has 0 spiro atoms. The van der Waals surface area contributed by atoms with E-state index in [2.05, 4.69) is 46.1 Å². The molecule has 21 heavy (non-hydrogen) atoms. The van der Waals surface area contributed by atoms with Crippen LogP contribution in [-0.2, 0) is 12.8 Å². The number of hydrogen-bond donors (Lipinski definition) is 3. The van der Waals surface area contributed by atoms with Gasteiger partial charge in [0.15, 0.2) is 5.82 Å². The molecule has 0 aliphatic heterocycles. The third-order valence-corrected chi connectivity index (χ3v) is 3.70. The molecule has 0 unspecified atom stereocenters. The molecule has 0 saturated carbocycles. The first-order chi connectivity index (χ1) is 10.1. The summed E-state index contributed by atoms with van der Waals surface area (Å²) in [5.74, 6) is 0.0260. The Hall–Kier alpha value is -2.63. The number of aromatic nitrogens is 4. The van der Waals surface area contributed by atoms with E-state index in [1.54, 1.807) is 0 Å². The van der Waals surface area contributed by atoms with Crippen LogP contribution >= 0.6 is 0 Å². The summed E-state index contributed by atoms with van der Waals surface area (Å²) in [6.45, 7) is 4.27. The molecule has 0 radical (unpaired) electrons. The van der Waals surface area contributed by atoms with Crippen molar-refractivity contribution in [1.82, 2.24) is 20.2 Å². The fourth-order valence-corrected chi connectivity index (χ4v) is 2.57. The monoisotopic (exact) mass is 283 g/mol. The zero-order valence-corrected chi connectivity index (χ0v) is 12.0. The number of primary amides is 1. The van der Waals surface area contributed by atoms with Gasteiger partial charge in [0.1, 0.15) is 5.69 Å². The summed E-state index contributed by atoms with van der Waals surface area (Å²) in [4.78, 5) is 19.1. The maximum Gasteiger partial charge on any atom is 0.252 e. The fraction of sp³-hybridized carbons (Fsp3) is 0.267. The van der Waals surface area contributed by atoms with Crippen LogP contribution in [0.3, 0.4) is 0 Å². The molecular weight excluding hydrogens is 266 g/mol. The second-order valence-electron chi connectivity index (χ2n) is 4.94. The van der Waals surface area contributed by atoms with Crippen molar-refractivity contribution in [2.75, 3.05) is 0 Å². The topological polar surface area (TPSA) is 100 Å². The normalized spacial score (nSPS) is 11.1. The van der Waals surface area contributed by atoms with Crippen molar-refractivity contribution < 1.29 is 4.79 Å². The highest BCUT2D eigenvalue weighted by Crippen LogP contribution is 2.24. The van der Waals surface area contributed by atoms with Gasteiger partial charge in [-0.15, -0.1) is 0 Å². The van der Waals surface area contributed by atoms with Crippen molar-refractivity contribution in [2.24, 2.45) is 5.73 Å². The van der Waals surface area contributed by atoms with Gasteiger partial charge in [-0.2, -0.15) is 5.10 Å². The number of H-pyrrole nitrogens is 2. The first-order valence-electron chi connectivity index (χ1n) is 6.99. The molecule has 3 aromatic rings. The second-order valence-corrected chi connectivity index (χ2v) is 4.94. The van der Waals surface area contributed by atoms with Crippen molar-refractivity contribution in [3.63, 3.8) is 0 Å². The lowest BCUT2D eigenvalue weighted by atomic mass is 10.0. The number of hydrogen-bond acceptors (Lipinski definition) is 3. The SMILES string of the molecule is CCc1cc2nc(-c3n[nH]cc3C(N)=O)[nH]c2cc1CC. The van der Waals surface area contributed by atoms with Crippen LogP contribution in [0.5, 0.6) is 0 Å². The number of carbonyl (C=O) groups is 1. The number of aryl methyl sites for hydroxylation is 2. The third kappa shape index (κ3) is 2.18. The molecule has 6 heteroatoms. The Morgan fingerprint density at radius 2 is 1.95 bits per heavy atom. The van der Waals surface area contributed by atoms with E-state index in [-0.39, 0.29) is 0 Å². The molecule has 1 amide bonds. The van der Waals surface area contributed by atoms with Gasteiger partial charge in [-0.05, 0) is 36.1 Å². The minimum atomic E-state index is -0.525. The summed E-state index contributed by atoms with van der Waals surface area (Å²) in [6, 6.07) is 4.20. The lowest BCUT2D eigenvalue weighted by Gasteiger charge is -2.04. The average Bonchev–Trinajstić information content (AvgIpc) is 3.11. The molecular formula is C15H17N5O. The third-order valence-electron chi connectivity index (χ3n) is 3.70. The van der Waals surface area contributed by atoms with Crippen molar-refractivity contribution in [2.45, 2.75) is 26.7 Å². The van der Waals surface area contributed by atoms with E-state index in [4.69, 9.17) is 5.73 Å². The Balaban J connectivity index is 2.17. The molecule has 0 fully saturated rings. The van der Waals surface area contributed by atoms with Crippen molar-refractivity contribution in [3.05, 3.63) is 35.0 Å². The van der Waals surface area contributed by atoms with Crippen molar-refractivity contribution in [3.8, 4) is 11.5 Å². The number of carbonyl (C=O) groups excluding carboxylic acids is 1. The lowest BCUT2D eigenvalue weighted by molar-refractivity contribution is 0.100. The molecule has 2 heterocycles. The molecule has 108 valence electrons. The second kappa shape index (κ2) is 5.05. The highest BCUT2D eigenvalue weighted by molar-refractivity contribution is 5.98. The van der Waals surface area contributed by atoms with E-state index in [9.17, 15) is 4.79 Å². The van der Waals surface area contributed by atoms with Gasteiger partial charge in [0.25, 0.3) is 5.91 Å². The summed E-state index contributed by atoms with van der Waals surface area (Å²) >= 11 is 0. The zero-order valence-electron chi connectivity index (χ0n) is 12.0. The number of nitrogens with two attached hydrogens (primary N) is 1. The van der Waals surface area contributed by atoms with Crippen molar-refractivity contribution >= 4 is 16.9 Å². The van der Waals surface area contributed by atoms with Gasteiger partial charge < -0.3 is 10.7 Å². The fourth-order valence-electron chi connectivity index (χ4n) is 2.57. The minimum absolute atomic E-state index is 0.334. The van der Waals surface area contributed by atoms with Crippen LogP contribution in [0, 0.1) is 0 Å². The molecule has 0 saturated heterocycles. The van der Waals surface area contributed by atoms with E-state index in [0.29, 0.717) is 17.1 Å². The molecule has 3 rings (SSSR count). The van der Waals surface area contributed by atoms with Gasteiger partial charge in [0, 0.05) is 6.20 Å². The standard InChI is InChI=1S/C15H17N5O/c1-3-8-5-11-12(6-9(8)4-2)19-15(18-11)13-10(14(16)21)7-17-20-13/h5-7H,3-4H2,1-2H3,(H2,16,21)(H,17,20)(H,18,19). The Morgan fingerprint density at radius 3 is 2.62 bits per heavy atom. The van der Waals surface area contributed by atoms with E-state index in [1.807, 2.05) is 0 Å². The van der Waals surface area contributed by atoms with Crippen LogP contribution in [-0.4, -0.2) is 26.1 Å². The Morgan fingerprint density at radius 1 is 1.24 bits per heavy atom. The molecule has 1 aromatic carbocycles. The summed E-state index contributed by atoms with van der Waals surface area (Å²) in [5, 5.41) is 6.73. The molecule has 0 bridgehead atoms. The van der Waals surface area contributed by atoms with E-state index >= 15 is 0 Å². The Bertz CT molecular complexity index is 774. The number of amides is 1. The van der Waals surface area contributed by atoms with Crippen LogP contribution < -0.4 is 5.73 Å². The zero-order chi connectivity index (χ0) is 15.0. The number of nitrogens with one attached hydrogen (secondary N) is 2. The molecule has 6 nitrogen and oxygen atoms in total. The van der Waals surface area contributed by atoms with Crippen LogP contribution in [0.15, 0.2) is 18.3 Å². The first kappa shape index (κ1) is 13.4. The maximum atomic E-state index is 11.4. The molecule has 2 aromatic heterocycles. The highest BCUT2D eigenvalue weighted by Gasteiger charge is 2.17. The minimum Gasteiger partial charge on any atom is -0.365 e. The van der Waals surface area contributed by atoms with Gasteiger partial charge in [0.2, 0.25) is 0 Å². The van der Waals surface area contributed by atoms with E-state index in [0.717, 1.165) is 23.9 Å². The van der Waals surface area contributed by atoms with Crippen LogP contribution in [0.1, 0.15) is 35.3 Å². The average molecular weight is 283 g/mol. The predicted octanol–water partition coefficient (Wildman–Crippen LogP) is 2.18. The number of rotatable bonds is 4. The van der Waals surface area contributed by atoms with Gasteiger partial charge in [-0.25, -0.2) is 4.98 Å². The number of aromatic amines is 2. The largest absolute Gasteiger partial charge is 0.365 e. The molecule has 4 N–H and O–H groups in total. The van der Waals surface area contributed by atoms with E-state index < -0.39 is 5.91 Å². The van der Waals surface area contributed by atoms with E-state index in [1.165, 1.54) is 17.3 Å². The van der Waals surface area contributed by atoms with Gasteiger partial charge in [0.05, 0.1) is 16.6 Å². The first-order valence-corrected chi connectivity index (χ1v) is 6.99. The molecule has 0 aliphatic rings. The Labute approximate surface area is 121 Å².